The second-order valence-corrected chi connectivity index (χ2v) is 6.57. The quantitative estimate of drug-likeness (QED) is 0.921. The molecule has 0 fully saturated rings. The highest BCUT2D eigenvalue weighted by molar-refractivity contribution is 6.26. The number of fused-ring (bicyclic) bond motifs is 3. The molecule has 2 aliphatic rings. The lowest BCUT2D eigenvalue weighted by molar-refractivity contribution is 0.462. The summed E-state index contributed by atoms with van der Waals surface area (Å²) in [6, 6.07) is 16.9. The van der Waals surface area contributed by atoms with E-state index in [9.17, 15) is 0 Å². The van der Waals surface area contributed by atoms with Crippen molar-refractivity contribution in [2.45, 2.75) is 26.8 Å². The fourth-order valence-corrected chi connectivity index (χ4v) is 3.77. The molecule has 0 radical (unpaired) electrons. The maximum Gasteiger partial charge on any atom is 0.226 e. The van der Waals surface area contributed by atoms with Crippen LogP contribution in [0.15, 0.2) is 64.2 Å². The lowest BCUT2D eigenvalue weighted by Crippen LogP contribution is -2.28. The highest BCUT2D eigenvalue weighted by Crippen LogP contribution is 2.37. The first kappa shape index (κ1) is 16.7. The van der Waals surface area contributed by atoms with Crippen LogP contribution in [0.1, 0.15) is 36.1 Å². The number of rotatable bonds is 4. The first-order valence-corrected chi connectivity index (χ1v) is 9.29. The molecule has 0 spiro atoms. The Morgan fingerprint density at radius 3 is 2.35 bits per heavy atom. The summed E-state index contributed by atoms with van der Waals surface area (Å²) in [5, 5.41) is 0. The van der Waals surface area contributed by atoms with E-state index >= 15 is 0 Å². The molecule has 0 saturated heterocycles. The molecule has 2 aromatic carbocycles. The Bertz CT molecular complexity index is 933. The topological polar surface area (TPSA) is 54.0 Å². The van der Waals surface area contributed by atoms with Crippen LogP contribution in [-0.2, 0) is 13.0 Å². The van der Waals surface area contributed by atoms with E-state index in [1.807, 2.05) is 6.07 Å². The molecule has 0 unspecified atom stereocenters. The van der Waals surface area contributed by atoms with Crippen LogP contribution in [0.25, 0.3) is 5.57 Å². The zero-order chi connectivity index (χ0) is 18.1. The third kappa shape index (κ3) is 2.67. The van der Waals surface area contributed by atoms with E-state index in [1.54, 1.807) is 0 Å². The summed E-state index contributed by atoms with van der Waals surface area (Å²) in [5.41, 5.74) is 14.1. The minimum Gasteiger partial charge on any atom is -0.341 e. The van der Waals surface area contributed by atoms with E-state index in [4.69, 9.17) is 15.7 Å². The van der Waals surface area contributed by atoms with Crippen molar-refractivity contribution in [2.24, 2.45) is 15.7 Å². The molecule has 4 nitrogen and oxygen atoms in total. The van der Waals surface area contributed by atoms with Crippen LogP contribution < -0.4 is 5.73 Å². The van der Waals surface area contributed by atoms with Crippen molar-refractivity contribution in [3.05, 3.63) is 76.5 Å². The van der Waals surface area contributed by atoms with Crippen LogP contribution in [0.4, 0.5) is 0 Å². The van der Waals surface area contributed by atoms with Crippen molar-refractivity contribution in [2.75, 3.05) is 13.1 Å². The zero-order valence-corrected chi connectivity index (χ0v) is 15.4. The van der Waals surface area contributed by atoms with E-state index < -0.39 is 0 Å². The van der Waals surface area contributed by atoms with Gasteiger partial charge >= 0.3 is 0 Å². The largest absolute Gasteiger partial charge is 0.341 e. The Labute approximate surface area is 154 Å². The molecule has 2 N–H and O–H groups in total. The fraction of sp³-hybridized carbons (Fsp3) is 0.273. The summed E-state index contributed by atoms with van der Waals surface area (Å²) in [4.78, 5) is 12.1. The van der Waals surface area contributed by atoms with Crippen LogP contribution >= 0.6 is 0 Å². The van der Waals surface area contributed by atoms with Crippen molar-refractivity contribution in [1.29, 1.82) is 0 Å². The average molecular weight is 344 g/mol. The molecule has 1 aliphatic carbocycles. The Kier molecular flexibility index (Phi) is 4.43. The van der Waals surface area contributed by atoms with Gasteiger partial charge in [0.05, 0.1) is 5.70 Å². The van der Waals surface area contributed by atoms with Gasteiger partial charge in [-0.15, -0.1) is 0 Å². The molecule has 0 atom stereocenters. The molecular weight excluding hydrogens is 320 g/mol. The van der Waals surface area contributed by atoms with Gasteiger partial charge in [-0.05, 0) is 36.1 Å². The predicted octanol–water partition coefficient (Wildman–Crippen LogP) is 3.61. The number of guanidine groups is 1. The van der Waals surface area contributed by atoms with Gasteiger partial charge in [0, 0.05) is 31.6 Å². The Balaban J connectivity index is 1.93. The van der Waals surface area contributed by atoms with Crippen LogP contribution in [0.3, 0.4) is 0 Å². The molecule has 0 amide bonds. The second-order valence-electron chi connectivity index (χ2n) is 6.57. The van der Waals surface area contributed by atoms with E-state index in [1.165, 1.54) is 22.3 Å². The summed E-state index contributed by atoms with van der Waals surface area (Å²) in [6.07, 6.45) is 0.858. The maximum atomic E-state index is 6.01. The SMILES string of the molecule is CCN(CC)C1=NC2=C(c3ccccc3CN)Cc3ccccc3C2=N1. The van der Waals surface area contributed by atoms with E-state index in [2.05, 4.69) is 61.2 Å². The zero-order valence-electron chi connectivity index (χ0n) is 15.4. The number of hydrogen-bond donors (Lipinski definition) is 1. The summed E-state index contributed by atoms with van der Waals surface area (Å²) < 4.78 is 0. The summed E-state index contributed by atoms with van der Waals surface area (Å²) in [6.45, 7) is 6.60. The normalized spacial score (nSPS) is 15.3. The van der Waals surface area contributed by atoms with Crippen LogP contribution in [0, 0.1) is 0 Å². The van der Waals surface area contributed by atoms with Crippen LogP contribution in [0.5, 0.6) is 0 Å². The molecule has 132 valence electrons. The van der Waals surface area contributed by atoms with Gasteiger partial charge in [-0.25, -0.2) is 9.98 Å². The summed E-state index contributed by atoms with van der Waals surface area (Å²) in [5.74, 6) is 0.819. The number of benzene rings is 2. The number of aliphatic imine (C=N–C) groups is 2. The monoisotopic (exact) mass is 344 g/mol. The molecule has 0 aromatic heterocycles. The number of nitrogens with zero attached hydrogens (tertiary/aromatic N) is 3. The molecular formula is C22H24N4. The molecule has 4 heteroatoms. The van der Waals surface area contributed by atoms with Crippen molar-refractivity contribution < 1.29 is 0 Å². The molecule has 1 aliphatic heterocycles. The van der Waals surface area contributed by atoms with Gasteiger partial charge in [0.15, 0.2) is 0 Å². The minimum absolute atomic E-state index is 0.522. The van der Waals surface area contributed by atoms with Gasteiger partial charge in [-0.1, -0.05) is 48.5 Å². The third-order valence-electron chi connectivity index (χ3n) is 5.18. The van der Waals surface area contributed by atoms with Crippen LogP contribution in [0.2, 0.25) is 0 Å². The molecule has 2 aromatic rings. The Morgan fingerprint density at radius 2 is 1.62 bits per heavy atom. The lowest BCUT2D eigenvalue weighted by atomic mass is 9.83. The number of allylic oxidation sites excluding steroid dienone is 2. The second kappa shape index (κ2) is 6.89. The predicted molar refractivity (Wildman–Crippen MR) is 108 cm³/mol. The van der Waals surface area contributed by atoms with Gasteiger partial charge in [-0.3, -0.25) is 0 Å². The maximum absolute atomic E-state index is 6.01. The van der Waals surface area contributed by atoms with Crippen LogP contribution in [-0.4, -0.2) is 29.7 Å². The first-order valence-electron chi connectivity index (χ1n) is 9.29. The highest BCUT2D eigenvalue weighted by Gasteiger charge is 2.30. The standard InChI is InChI=1S/C22H24N4/c1-3-26(4-2)22-24-20-18-12-8-5-9-15(18)13-19(21(20)25-22)17-11-7-6-10-16(17)14-23/h5-12H,3-4,13-14,23H2,1-2H3. The van der Waals surface area contributed by atoms with E-state index in [-0.39, 0.29) is 0 Å². The van der Waals surface area contributed by atoms with Crippen molar-refractivity contribution >= 4 is 17.2 Å². The van der Waals surface area contributed by atoms with E-state index in [0.29, 0.717) is 6.54 Å². The smallest absolute Gasteiger partial charge is 0.226 e. The van der Waals surface area contributed by atoms with Crippen molar-refractivity contribution in [3.63, 3.8) is 0 Å². The summed E-state index contributed by atoms with van der Waals surface area (Å²) in [7, 11) is 0. The molecule has 26 heavy (non-hydrogen) atoms. The molecule has 0 saturated carbocycles. The van der Waals surface area contributed by atoms with E-state index in [0.717, 1.165) is 42.4 Å². The fourth-order valence-electron chi connectivity index (χ4n) is 3.77. The molecule has 4 rings (SSSR count). The van der Waals surface area contributed by atoms with Crippen molar-refractivity contribution in [3.8, 4) is 0 Å². The van der Waals surface area contributed by atoms with Gasteiger partial charge in [0.1, 0.15) is 5.71 Å². The van der Waals surface area contributed by atoms with Crippen molar-refractivity contribution in [1.82, 2.24) is 4.90 Å². The molecule has 0 bridgehead atoms. The first-order chi connectivity index (χ1) is 12.8. The van der Waals surface area contributed by atoms with Gasteiger partial charge < -0.3 is 10.6 Å². The van der Waals surface area contributed by atoms with Gasteiger partial charge in [0.25, 0.3) is 0 Å². The summed E-state index contributed by atoms with van der Waals surface area (Å²) >= 11 is 0. The third-order valence-corrected chi connectivity index (χ3v) is 5.18. The minimum atomic E-state index is 0.522. The number of nitrogens with two attached hydrogens (primary N) is 1. The lowest BCUT2D eigenvalue weighted by Gasteiger charge is -2.22. The highest BCUT2D eigenvalue weighted by atomic mass is 15.3. The average Bonchev–Trinajstić information content (AvgIpc) is 3.13. The Morgan fingerprint density at radius 1 is 0.923 bits per heavy atom. The van der Waals surface area contributed by atoms with Gasteiger partial charge in [0.2, 0.25) is 5.96 Å². The molecule has 1 heterocycles. The number of hydrogen-bond acceptors (Lipinski definition) is 4. The van der Waals surface area contributed by atoms with Gasteiger partial charge in [-0.2, -0.15) is 0 Å². The Hall–Kier alpha value is -2.72.